The topological polar surface area (TPSA) is 145 Å². The van der Waals surface area contributed by atoms with Crippen LogP contribution in [0.5, 0.6) is 0 Å². The van der Waals surface area contributed by atoms with E-state index in [2.05, 4.69) is 45.1 Å². The fourth-order valence-corrected chi connectivity index (χ4v) is 6.71. The summed E-state index contributed by atoms with van der Waals surface area (Å²) >= 11 is 0. The van der Waals surface area contributed by atoms with Crippen molar-refractivity contribution in [1.29, 1.82) is 0 Å². The number of aliphatic hydroxyl groups excluding tert-OH is 1. The number of furan rings is 1. The van der Waals surface area contributed by atoms with Gasteiger partial charge in [0.2, 0.25) is 0 Å². The van der Waals surface area contributed by atoms with Gasteiger partial charge in [-0.25, -0.2) is 0 Å². The summed E-state index contributed by atoms with van der Waals surface area (Å²) < 4.78 is 40.0. The predicted octanol–water partition coefficient (Wildman–Crippen LogP) is 10.5. The minimum Gasteiger partial charge on any atom is -0.756 e. The maximum Gasteiger partial charge on any atom is 0.306 e. The second-order valence-electron chi connectivity index (χ2n) is 16.5. The Kier molecular flexibility index (Phi) is 30.7. The fourth-order valence-electron chi connectivity index (χ4n) is 5.98. The Morgan fingerprint density at radius 1 is 0.733 bits per heavy atom. The summed E-state index contributed by atoms with van der Waals surface area (Å²) in [4.78, 5) is 37.6. The standard InChI is InChI=1S/C48H80NO10P/c1-8-32-45-41(3)42(4)46(59-45)34-29-25-21-18-19-22-26-30-35-47(51)55-39-44(40-57-60(53,54)56-38-37-49(5,6)7)58-48(52)36-31-27-23-17-15-13-11-10-12-14-16-20-24-28-33-43(50)9-2/h11-14,17,20,23-24,28,33,43-44,50H,8-10,15-16,18-19,21-22,25-27,29-32,34-40H2,1-7H3/b13-11-,14-12-,23-17-,24-20-,33-28+/t43-,44-/m1/s1. The first-order valence-electron chi connectivity index (χ1n) is 22.5. The molecule has 0 fully saturated rings. The Balaban J connectivity index is 2.39. The molecule has 1 N–H and O–H groups in total. The van der Waals surface area contributed by atoms with Crippen molar-refractivity contribution in [3.8, 4) is 0 Å². The maximum atomic E-state index is 12.7. The molecule has 0 saturated heterocycles. The SMILES string of the molecule is CCCc1oc(CCCCCCCCCCC(=O)OC[C@H](COP(=O)([O-])OCC[N+](C)(C)C)OC(=O)CCC/C=C\C/C=C\C/C=C\C/C=C\C=C\[C@H](O)CC)c(C)c1C. The van der Waals surface area contributed by atoms with E-state index < -0.39 is 32.5 Å². The third-order valence-electron chi connectivity index (χ3n) is 9.88. The van der Waals surface area contributed by atoms with Crippen LogP contribution in [0.2, 0.25) is 0 Å². The van der Waals surface area contributed by atoms with Gasteiger partial charge in [0.25, 0.3) is 7.82 Å². The predicted molar refractivity (Wildman–Crippen MR) is 240 cm³/mol. The number of quaternary nitrogens is 1. The summed E-state index contributed by atoms with van der Waals surface area (Å²) in [6, 6.07) is 0. The van der Waals surface area contributed by atoms with Crippen molar-refractivity contribution in [1.82, 2.24) is 0 Å². The number of carbonyl (C=O) groups is 2. The summed E-state index contributed by atoms with van der Waals surface area (Å²) in [6.45, 7) is 8.01. The van der Waals surface area contributed by atoms with Gasteiger partial charge >= 0.3 is 11.9 Å². The number of carbonyl (C=O) groups excluding carboxylic acids is 2. The van der Waals surface area contributed by atoms with Gasteiger partial charge in [0, 0.05) is 25.7 Å². The number of esters is 2. The molecule has 1 rings (SSSR count). The number of unbranched alkanes of at least 4 members (excludes halogenated alkanes) is 8. The van der Waals surface area contributed by atoms with Crippen molar-refractivity contribution < 1.29 is 51.6 Å². The number of nitrogens with zero attached hydrogens (tertiary/aromatic N) is 1. The van der Waals surface area contributed by atoms with Gasteiger partial charge in [-0.1, -0.05) is 113 Å². The van der Waals surface area contributed by atoms with E-state index in [0.29, 0.717) is 36.7 Å². The van der Waals surface area contributed by atoms with E-state index in [4.69, 9.17) is 22.9 Å². The lowest BCUT2D eigenvalue weighted by Crippen LogP contribution is -2.37. The molecule has 0 aliphatic carbocycles. The van der Waals surface area contributed by atoms with Crippen molar-refractivity contribution in [2.75, 3.05) is 47.5 Å². The van der Waals surface area contributed by atoms with Crippen LogP contribution >= 0.6 is 7.82 Å². The van der Waals surface area contributed by atoms with Gasteiger partial charge in [-0.05, 0) is 82.8 Å². The summed E-state index contributed by atoms with van der Waals surface area (Å²) in [7, 11) is 1.07. The average molecular weight is 862 g/mol. The van der Waals surface area contributed by atoms with Gasteiger partial charge < -0.3 is 37.4 Å². The van der Waals surface area contributed by atoms with E-state index in [9.17, 15) is 24.2 Å². The number of ether oxygens (including phenoxy) is 2. The maximum absolute atomic E-state index is 12.7. The molecule has 1 aromatic heterocycles. The minimum atomic E-state index is -4.66. The zero-order valence-corrected chi connectivity index (χ0v) is 39.1. The average Bonchev–Trinajstić information content (AvgIpc) is 3.46. The smallest absolute Gasteiger partial charge is 0.306 e. The quantitative estimate of drug-likeness (QED) is 0.0173. The first kappa shape index (κ1) is 55.0. The van der Waals surface area contributed by atoms with E-state index in [-0.39, 0.29) is 32.2 Å². The molecule has 0 bridgehead atoms. The summed E-state index contributed by atoms with van der Waals surface area (Å²) in [5.41, 5.74) is 2.61. The number of hydrogen-bond acceptors (Lipinski definition) is 10. The van der Waals surface area contributed by atoms with Gasteiger partial charge in [-0.15, -0.1) is 0 Å². The van der Waals surface area contributed by atoms with Gasteiger partial charge in [-0.2, -0.15) is 0 Å². The number of allylic oxidation sites excluding steroid dienone is 9. The Morgan fingerprint density at radius 2 is 1.30 bits per heavy atom. The molecule has 1 unspecified atom stereocenters. The number of phosphoric ester groups is 1. The van der Waals surface area contributed by atoms with Crippen LogP contribution in [0.15, 0.2) is 65.2 Å². The van der Waals surface area contributed by atoms with Crippen LogP contribution in [0.1, 0.15) is 146 Å². The molecule has 0 radical (unpaired) electrons. The Labute approximate surface area is 363 Å². The molecule has 3 atom stereocenters. The second-order valence-corrected chi connectivity index (χ2v) is 17.9. The van der Waals surface area contributed by atoms with E-state index >= 15 is 0 Å². The lowest BCUT2D eigenvalue weighted by molar-refractivity contribution is -0.870. The molecule has 1 heterocycles. The lowest BCUT2D eigenvalue weighted by atomic mass is 10.0. The third-order valence-corrected chi connectivity index (χ3v) is 10.8. The van der Waals surface area contributed by atoms with Crippen LogP contribution in [0.4, 0.5) is 0 Å². The molecule has 0 aliphatic rings. The van der Waals surface area contributed by atoms with Gasteiger partial charge in [0.05, 0.1) is 33.9 Å². The van der Waals surface area contributed by atoms with E-state index in [0.717, 1.165) is 82.1 Å². The molecule has 0 saturated carbocycles. The summed E-state index contributed by atoms with van der Waals surface area (Å²) in [5.74, 6) is 1.33. The summed E-state index contributed by atoms with van der Waals surface area (Å²) in [5, 5.41) is 9.49. The van der Waals surface area contributed by atoms with Crippen LogP contribution < -0.4 is 4.89 Å². The van der Waals surface area contributed by atoms with Crippen LogP contribution in [0.25, 0.3) is 0 Å². The summed E-state index contributed by atoms with van der Waals surface area (Å²) in [6.07, 6.45) is 34.8. The Hall–Kier alpha value is -3.05. The van der Waals surface area contributed by atoms with Crippen LogP contribution in [-0.2, 0) is 45.5 Å². The van der Waals surface area contributed by atoms with E-state index in [1.54, 1.807) is 6.08 Å². The van der Waals surface area contributed by atoms with Crippen molar-refractivity contribution in [3.05, 3.63) is 83.4 Å². The Bertz CT molecular complexity index is 1500. The molecule has 12 heteroatoms. The number of aryl methyl sites for hydroxylation is 2. The second kappa shape index (κ2) is 33.6. The molecule has 0 aromatic carbocycles. The fraction of sp³-hybridized carbons (Fsp3) is 0.667. The van der Waals surface area contributed by atoms with Gasteiger partial charge in [0.15, 0.2) is 6.10 Å². The molecule has 1 aromatic rings. The van der Waals surface area contributed by atoms with E-state index in [1.807, 2.05) is 58.4 Å². The highest BCUT2D eigenvalue weighted by atomic mass is 31.2. The molecule has 0 spiro atoms. The van der Waals surface area contributed by atoms with Crippen molar-refractivity contribution in [2.24, 2.45) is 0 Å². The highest BCUT2D eigenvalue weighted by Gasteiger charge is 2.22. The number of aliphatic hydroxyl groups is 1. The minimum absolute atomic E-state index is 0.0575. The third kappa shape index (κ3) is 30.1. The molecular formula is C48H80NO10P. The molecule has 11 nitrogen and oxygen atoms in total. The first-order chi connectivity index (χ1) is 28.7. The first-order valence-corrected chi connectivity index (χ1v) is 23.9. The molecular weight excluding hydrogens is 781 g/mol. The zero-order valence-electron chi connectivity index (χ0n) is 38.2. The number of likely N-dealkylation sites (N-methyl/N-ethyl adjacent to an activating group) is 1. The largest absolute Gasteiger partial charge is 0.756 e. The van der Waals surface area contributed by atoms with Crippen molar-refractivity contribution >= 4 is 19.8 Å². The normalized spacial score (nSPS) is 14.6. The van der Waals surface area contributed by atoms with Crippen molar-refractivity contribution in [3.63, 3.8) is 0 Å². The molecule has 0 aliphatic heterocycles. The van der Waals surface area contributed by atoms with Gasteiger partial charge in [0.1, 0.15) is 31.3 Å². The Morgan fingerprint density at radius 3 is 1.92 bits per heavy atom. The van der Waals surface area contributed by atoms with Crippen LogP contribution in [0.3, 0.4) is 0 Å². The van der Waals surface area contributed by atoms with E-state index in [1.165, 1.54) is 24.0 Å². The monoisotopic (exact) mass is 862 g/mol. The molecule has 0 amide bonds. The zero-order chi connectivity index (χ0) is 44.5. The lowest BCUT2D eigenvalue weighted by Gasteiger charge is -2.28. The molecule has 60 heavy (non-hydrogen) atoms. The van der Waals surface area contributed by atoms with Crippen LogP contribution in [0, 0.1) is 13.8 Å². The molecule has 342 valence electrons. The van der Waals surface area contributed by atoms with Crippen LogP contribution in [-0.4, -0.2) is 81.2 Å². The number of hydrogen-bond donors (Lipinski definition) is 1. The van der Waals surface area contributed by atoms with Crippen molar-refractivity contribution in [2.45, 2.75) is 162 Å². The number of rotatable bonds is 36. The highest BCUT2D eigenvalue weighted by molar-refractivity contribution is 7.45. The van der Waals surface area contributed by atoms with Gasteiger partial charge in [-0.3, -0.25) is 14.2 Å². The highest BCUT2D eigenvalue weighted by Crippen LogP contribution is 2.38. The number of phosphoric acid groups is 1.